The van der Waals surface area contributed by atoms with Crippen molar-refractivity contribution in [1.29, 1.82) is 0 Å². The van der Waals surface area contributed by atoms with E-state index in [0.29, 0.717) is 6.61 Å². The molecular weight excluding hydrogens is 428 g/mol. The third kappa shape index (κ3) is 3.74. The standard InChI is InChI=1S/C27H30N4O3/c1-17-13-23-24(14-18(17)2)31(22-3-4-25-20(15-22)7-12-34-25)27(29-23)30-9-5-19(6-10-30)26(32)28-21-8-11-33-16-21/h3-4,7,12-15,19,21H,5-6,8-11,16H2,1-2H3,(H,28,32)/t21-/m1/s1. The van der Waals surface area contributed by atoms with Gasteiger partial charge in [0, 0.05) is 36.7 Å². The Balaban J connectivity index is 1.32. The van der Waals surface area contributed by atoms with Gasteiger partial charge in [0.1, 0.15) is 5.58 Å². The molecule has 6 rings (SSSR count). The van der Waals surface area contributed by atoms with Crippen LogP contribution in [0, 0.1) is 19.8 Å². The summed E-state index contributed by atoms with van der Waals surface area (Å²) in [5, 5.41) is 4.25. The van der Waals surface area contributed by atoms with Crippen LogP contribution in [0.5, 0.6) is 0 Å². The van der Waals surface area contributed by atoms with Gasteiger partial charge in [0.2, 0.25) is 11.9 Å². The SMILES string of the molecule is Cc1cc2nc(N3CCC(C(=O)N[C@@H]4CCOC4)CC3)n(-c3ccc4occc4c3)c2cc1C. The number of fused-ring (bicyclic) bond motifs is 2. The first-order valence-corrected chi connectivity index (χ1v) is 12.2. The number of carbonyl (C=O) groups excluding carboxylic acids is 1. The summed E-state index contributed by atoms with van der Waals surface area (Å²) in [6, 6.07) is 12.8. The fourth-order valence-corrected chi connectivity index (χ4v) is 5.19. The molecule has 4 heterocycles. The van der Waals surface area contributed by atoms with Gasteiger partial charge in [0.15, 0.2) is 0 Å². The number of anilines is 1. The molecule has 0 radical (unpaired) electrons. The fraction of sp³-hybridized carbons (Fsp3) is 0.407. The molecule has 7 heteroatoms. The molecule has 1 amide bonds. The number of ether oxygens (including phenoxy) is 1. The summed E-state index contributed by atoms with van der Waals surface area (Å²) in [6.45, 7) is 7.25. The normalized spacial score (nSPS) is 19.4. The number of amides is 1. The summed E-state index contributed by atoms with van der Waals surface area (Å²) in [5.74, 6) is 1.15. The maximum absolute atomic E-state index is 12.8. The van der Waals surface area contributed by atoms with E-state index in [-0.39, 0.29) is 17.9 Å². The lowest BCUT2D eigenvalue weighted by atomic mass is 9.95. The smallest absolute Gasteiger partial charge is 0.223 e. The van der Waals surface area contributed by atoms with E-state index in [1.807, 2.05) is 12.1 Å². The second-order valence-corrected chi connectivity index (χ2v) is 9.65. The molecule has 0 spiro atoms. The number of nitrogens with one attached hydrogen (secondary N) is 1. The van der Waals surface area contributed by atoms with Crippen molar-refractivity contribution in [3.05, 3.63) is 53.8 Å². The number of rotatable bonds is 4. The van der Waals surface area contributed by atoms with Crippen LogP contribution in [-0.4, -0.2) is 47.8 Å². The monoisotopic (exact) mass is 458 g/mol. The minimum absolute atomic E-state index is 0.0430. The Kier molecular flexibility index (Phi) is 5.29. The minimum Gasteiger partial charge on any atom is -0.464 e. The molecule has 2 fully saturated rings. The number of carbonyl (C=O) groups is 1. The molecule has 0 bridgehead atoms. The molecule has 0 unspecified atom stereocenters. The van der Waals surface area contributed by atoms with E-state index in [9.17, 15) is 4.79 Å². The van der Waals surface area contributed by atoms with Gasteiger partial charge in [-0.3, -0.25) is 9.36 Å². The lowest BCUT2D eigenvalue weighted by molar-refractivity contribution is -0.126. The van der Waals surface area contributed by atoms with Crippen molar-refractivity contribution in [2.75, 3.05) is 31.2 Å². The molecule has 176 valence electrons. The molecule has 2 aromatic heterocycles. The molecule has 2 aliphatic heterocycles. The van der Waals surface area contributed by atoms with Crippen molar-refractivity contribution in [1.82, 2.24) is 14.9 Å². The molecule has 34 heavy (non-hydrogen) atoms. The number of hydrogen-bond donors (Lipinski definition) is 1. The van der Waals surface area contributed by atoms with Crippen LogP contribution in [-0.2, 0) is 9.53 Å². The Morgan fingerprint density at radius 2 is 1.88 bits per heavy atom. The molecule has 0 aliphatic carbocycles. The highest BCUT2D eigenvalue weighted by molar-refractivity contribution is 5.86. The average molecular weight is 459 g/mol. The number of furan rings is 1. The Bertz CT molecular complexity index is 1360. The van der Waals surface area contributed by atoms with Crippen LogP contribution in [0.1, 0.15) is 30.4 Å². The molecular formula is C27H30N4O3. The number of aromatic nitrogens is 2. The summed E-state index contributed by atoms with van der Waals surface area (Å²) in [7, 11) is 0. The summed E-state index contributed by atoms with van der Waals surface area (Å²) in [5.41, 5.74) is 6.52. The molecule has 2 aromatic carbocycles. The number of aryl methyl sites for hydroxylation is 2. The predicted molar refractivity (Wildman–Crippen MR) is 133 cm³/mol. The van der Waals surface area contributed by atoms with Gasteiger partial charge in [0.05, 0.1) is 29.9 Å². The van der Waals surface area contributed by atoms with E-state index < -0.39 is 0 Å². The summed E-state index contributed by atoms with van der Waals surface area (Å²) in [4.78, 5) is 20.2. The minimum atomic E-state index is 0.0430. The van der Waals surface area contributed by atoms with Gasteiger partial charge < -0.3 is 19.4 Å². The van der Waals surface area contributed by atoms with Gasteiger partial charge in [-0.05, 0) is 80.6 Å². The summed E-state index contributed by atoms with van der Waals surface area (Å²) < 4.78 is 13.2. The molecule has 1 N–H and O–H groups in total. The number of imidazole rings is 1. The van der Waals surface area contributed by atoms with Crippen LogP contribution in [0.25, 0.3) is 27.7 Å². The Labute approximate surface area is 198 Å². The van der Waals surface area contributed by atoms with Crippen molar-refractivity contribution >= 4 is 33.9 Å². The summed E-state index contributed by atoms with van der Waals surface area (Å²) in [6.07, 6.45) is 4.28. The molecule has 2 saturated heterocycles. The third-order valence-electron chi connectivity index (χ3n) is 7.37. The van der Waals surface area contributed by atoms with Crippen molar-refractivity contribution in [2.24, 2.45) is 5.92 Å². The first-order valence-electron chi connectivity index (χ1n) is 12.2. The van der Waals surface area contributed by atoms with Crippen molar-refractivity contribution < 1.29 is 13.9 Å². The lowest BCUT2D eigenvalue weighted by Gasteiger charge is -2.32. The van der Waals surface area contributed by atoms with Gasteiger partial charge in [-0.1, -0.05) is 0 Å². The van der Waals surface area contributed by atoms with E-state index in [1.54, 1.807) is 6.26 Å². The molecule has 1 atom stereocenters. The quantitative estimate of drug-likeness (QED) is 0.487. The van der Waals surface area contributed by atoms with Crippen LogP contribution < -0.4 is 10.2 Å². The Hall–Kier alpha value is -3.32. The predicted octanol–water partition coefficient (Wildman–Crippen LogP) is 4.51. The average Bonchev–Trinajstić information content (AvgIpc) is 3.59. The Morgan fingerprint density at radius 1 is 1.06 bits per heavy atom. The van der Waals surface area contributed by atoms with Gasteiger partial charge in [-0.15, -0.1) is 0 Å². The zero-order chi connectivity index (χ0) is 23.2. The van der Waals surface area contributed by atoms with E-state index in [1.165, 1.54) is 11.1 Å². The maximum atomic E-state index is 12.8. The zero-order valence-electron chi connectivity index (χ0n) is 19.7. The molecule has 4 aromatic rings. The molecule has 2 aliphatic rings. The van der Waals surface area contributed by atoms with Crippen molar-refractivity contribution in [3.8, 4) is 5.69 Å². The van der Waals surface area contributed by atoms with Crippen LogP contribution >= 0.6 is 0 Å². The lowest BCUT2D eigenvalue weighted by Crippen LogP contribution is -2.44. The maximum Gasteiger partial charge on any atom is 0.223 e. The first kappa shape index (κ1) is 21.2. The van der Waals surface area contributed by atoms with E-state index >= 15 is 0 Å². The van der Waals surface area contributed by atoms with Crippen LogP contribution in [0.15, 0.2) is 47.1 Å². The highest BCUT2D eigenvalue weighted by Crippen LogP contribution is 2.33. The number of benzene rings is 2. The Morgan fingerprint density at radius 3 is 2.68 bits per heavy atom. The van der Waals surface area contributed by atoms with E-state index in [0.717, 1.165) is 72.6 Å². The van der Waals surface area contributed by atoms with Crippen LogP contribution in [0.4, 0.5) is 5.95 Å². The second-order valence-electron chi connectivity index (χ2n) is 9.65. The largest absolute Gasteiger partial charge is 0.464 e. The highest BCUT2D eigenvalue weighted by Gasteiger charge is 2.30. The van der Waals surface area contributed by atoms with E-state index in [4.69, 9.17) is 14.1 Å². The van der Waals surface area contributed by atoms with Gasteiger partial charge in [0.25, 0.3) is 0 Å². The third-order valence-corrected chi connectivity index (χ3v) is 7.37. The van der Waals surface area contributed by atoms with Gasteiger partial charge >= 0.3 is 0 Å². The molecule has 7 nitrogen and oxygen atoms in total. The van der Waals surface area contributed by atoms with Crippen LogP contribution in [0.3, 0.4) is 0 Å². The highest BCUT2D eigenvalue weighted by atomic mass is 16.5. The molecule has 0 saturated carbocycles. The van der Waals surface area contributed by atoms with Gasteiger partial charge in [-0.25, -0.2) is 4.98 Å². The first-order chi connectivity index (χ1) is 16.6. The number of hydrogen-bond acceptors (Lipinski definition) is 5. The van der Waals surface area contributed by atoms with Gasteiger partial charge in [-0.2, -0.15) is 0 Å². The van der Waals surface area contributed by atoms with Crippen molar-refractivity contribution in [3.63, 3.8) is 0 Å². The number of nitrogens with zero attached hydrogens (tertiary/aromatic N) is 3. The number of piperidine rings is 1. The van der Waals surface area contributed by atoms with Crippen molar-refractivity contribution in [2.45, 2.75) is 39.2 Å². The topological polar surface area (TPSA) is 72.5 Å². The summed E-state index contributed by atoms with van der Waals surface area (Å²) >= 11 is 0. The second kappa shape index (κ2) is 8.47. The zero-order valence-corrected chi connectivity index (χ0v) is 19.7. The fourth-order valence-electron chi connectivity index (χ4n) is 5.19. The van der Waals surface area contributed by atoms with E-state index in [2.05, 4.69) is 52.9 Å². The van der Waals surface area contributed by atoms with Crippen LogP contribution in [0.2, 0.25) is 0 Å².